The standard InChI is InChI=1S/C31H35N5O3/c1-22-9-10-26(17-33-22)34-14-5-6-27(21-34)36(18-24-11-13-32-23(2)16-24)20-25-19-35(15-12-30(37)38)29-8-4-3-7-28(29)31(25)39/h3-4,7-11,13,16-17,19,27H,5-6,12,14-15,18,20-21H2,1-2H3,(H,37,38)/t27-/m0/s1. The van der Waals surface area contributed by atoms with Gasteiger partial charge in [-0.2, -0.15) is 0 Å². The van der Waals surface area contributed by atoms with Crippen LogP contribution in [-0.4, -0.2) is 49.6 Å². The number of benzene rings is 1. The number of carbonyl (C=O) groups is 1. The largest absolute Gasteiger partial charge is 0.481 e. The van der Waals surface area contributed by atoms with Gasteiger partial charge in [0.15, 0.2) is 5.43 Å². The van der Waals surface area contributed by atoms with Crippen LogP contribution in [-0.2, 0) is 24.4 Å². The van der Waals surface area contributed by atoms with Gasteiger partial charge in [-0.05, 0) is 68.7 Å². The van der Waals surface area contributed by atoms with E-state index in [4.69, 9.17) is 0 Å². The highest BCUT2D eigenvalue weighted by atomic mass is 16.4. The fourth-order valence-electron chi connectivity index (χ4n) is 5.52. The molecule has 0 amide bonds. The topological polar surface area (TPSA) is 91.6 Å². The number of aliphatic carboxylic acids is 1. The van der Waals surface area contributed by atoms with E-state index < -0.39 is 5.97 Å². The first-order valence-electron chi connectivity index (χ1n) is 13.5. The summed E-state index contributed by atoms with van der Waals surface area (Å²) < 4.78 is 1.92. The summed E-state index contributed by atoms with van der Waals surface area (Å²) in [6.07, 6.45) is 7.71. The van der Waals surface area contributed by atoms with E-state index in [1.807, 2.05) is 73.4 Å². The van der Waals surface area contributed by atoms with Crippen LogP contribution in [0.2, 0.25) is 0 Å². The number of piperidine rings is 1. The van der Waals surface area contributed by atoms with Gasteiger partial charge in [0.1, 0.15) is 0 Å². The maximum atomic E-state index is 13.7. The maximum Gasteiger partial charge on any atom is 0.305 e. The zero-order chi connectivity index (χ0) is 27.4. The van der Waals surface area contributed by atoms with Crippen molar-refractivity contribution in [3.8, 4) is 0 Å². The number of rotatable bonds is 9. The average Bonchev–Trinajstić information content (AvgIpc) is 2.94. The van der Waals surface area contributed by atoms with Gasteiger partial charge in [-0.25, -0.2) is 0 Å². The van der Waals surface area contributed by atoms with Crippen LogP contribution >= 0.6 is 0 Å². The maximum absolute atomic E-state index is 13.7. The van der Waals surface area contributed by atoms with E-state index in [2.05, 4.69) is 31.9 Å². The lowest BCUT2D eigenvalue weighted by Crippen LogP contribution is -2.48. The highest BCUT2D eigenvalue weighted by Gasteiger charge is 2.27. The first kappa shape index (κ1) is 26.6. The van der Waals surface area contributed by atoms with Crippen LogP contribution in [0.25, 0.3) is 10.9 Å². The summed E-state index contributed by atoms with van der Waals surface area (Å²) in [5.74, 6) is -0.859. The number of carboxylic acids is 1. The zero-order valence-electron chi connectivity index (χ0n) is 22.6. The second-order valence-corrected chi connectivity index (χ2v) is 10.4. The number of hydrogen-bond acceptors (Lipinski definition) is 6. The highest BCUT2D eigenvalue weighted by molar-refractivity contribution is 5.79. The molecular formula is C31H35N5O3. The predicted octanol–water partition coefficient (Wildman–Crippen LogP) is 4.55. The molecule has 0 spiro atoms. The Morgan fingerprint density at radius 2 is 1.92 bits per heavy atom. The Balaban J connectivity index is 1.49. The van der Waals surface area contributed by atoms with Crippen LogP contribution in [0, 0.1) is 13.8 Å². The van der Waals surface area contributed by atoms with Gasteiger partial charge < -0.3 is 14.6 Å². The minimum absolute atomic E-state index is 0.00323. The normalized spacial score (nSPS) is 15.7. The second-order valence-electron chi connectivity index (χ2n) is 10.4. The smallest absolute Gasteiger partial charge is 0.305 e. The van der Waals surface area contributed by atoms with Crippen molar-refractivity contribution < 1.29 is 9.90 Å². The quantitative estimate of drug-likeness (QED) is 0.343. The summed E-state index contributed by atoms with van der Waals surface area (Å²) in [5, 5.41) is 9.93. The van der Waals surface area contributed by atoms with Gasteiger partial charge in [0, 0.05) is 73.5 Å². The van der Waals surface area contributed by atoms with E-state index >= 15 is 0 Å². The van der Waals surface area contributed by atoms with Gasteiger partial charge >= 0.3 is 5.97 Å². The van der Waals surface area contributed by atoms with Crippen molar-refractivity contribution in [3.63, 3.8) is 0 Å². The van der Waals surface area contributed by atoms with E-state index in [0.29, 0.717) is 30.6 Å². The number of pyridine rings is 3. The molecule has 4 aromatic rings. The Kier molecular flexibility index (Phi) is 8.02. The Labute approximate surface area is 228 Å². The molecule has 0 saturated carbocycles. The molecule has 1 aliphatic heterocycles. The molecule has 39 heavy (non-hydrogen) atoms. The van der Waals surface area contributed by atoms with Crippen LogP contribution in [0.5, 0.6) is 0 Å². The lowest BCUT2D eigenvalue weighted by atomic mass is 10.0. The minimum Gasteiger partial charge on any atom is -0.481 e. The van der Waals surface area contributed by atoms with Crippen LogP contribution < -0.4 is 10.3 Å². The van der Waals surface area contributed by atoms with Gasteiger partial charge in [-0.3, -0.25) is 24.5 Å². The Hall–Kier alpha value is -4.04. The molecule has 8 nitrogen and oxygen atoms in total. The molecule has 202 valence electrons. The van der Waals surface area contributed by atoms with Crippen molar-refractivity contribution in [1.29, 1.82) is 0 Å². The van der Waals surface area contributed by atoms with Crippen molar-refractivity contribution in [1.82, 2.24) is 19.4 Å². The summed E-state index contributed by atoms with van der Waals surface area (Å²) >= 11 is 0. The van der Waals surface area contributed by atoms with E-state index in [9.17, 15) is 14.7 Å². The van der Waals surface area contributed by atoms with Crippen molar-refractivity contribution in [2.75, 3.05) is 18.0 Å². The van der Waals surface area contributed by atoms with Crippen LogP contribution in [0.4, 0.5) is 5.69 Å². The Morgan fingerprint density at radius 1 is 1.08 bits per heavy atom. The van der Waals surface area contributed by atoms with E-state index in [-0.39, 0.29) is 17.9 Å². The fourth-order valence-corrected chi connectivity index (χ4v) is 5.52. The van der Waals surface area contributed by atoms with Gasteiger partial charge in [-0.15, -0.1) is 0 Å². The molecule has 1 saturated heterocycles. The zero-order valence-corrected chi connectivity index (χ0v) is 22.6. The third-order valence-corrected chi connectivity index (χ3v) is 7.52. The first-order valence-corrected chi connectivity index (χ1v) is 13.5. The average molecular weight is 526 g/mol. The molecule has 0 aliphatic carbocycles. The van der Waals surface area contributed by atoms with Gasteiger partial charge in [0.05, 0.1) is 23.8 Å². The van der Waals surface area contributed by atoms with Crippen molar-refractivity contribution >= 4 is 22.6 Å². The van der Waals surface area contributed by atoms with Gasteiger partial charge in [0.2, 0.25) is 0 Å². The summed E-state index contributed by atoms with van der Waals surface area (Å²) in [5.41, 5.74) is 5.68. The summed E-state index contributed by atoms with van der Waals surface area (Å²) in [4.78, 5) is 38.7. The molecule has 1 aliphatic rings. The van der Waals surface area contributed by atoms with E-state index in [0.717, 1.165) is 54.1 Å². The molecule has 0 bridgehead atoms. The highest BCUT2D eigenvalue weighted by Crippen LogP contribution is 2.25. The third-order valence-electron chi connectivity index (χ3n) is 7.52. The molecule has 0 unspecified atom stereocenters. The number of aryl methyl sites for hydroxylation is 3. The summed E-state index contributed by atoms with van der Waals surface area (Å²) in [6.45, 7) is 7.28. The number of carboxylic acid groups (broad SMARTS) is 1. The summed E-state index contributed by atoms with van der Waals surface area (Å²) in [6, 6.07) is 16.0. The van der Waals surface area contributed by atoms with Gasteiger partial charge in [-0.1, -0.05) is 12.1 Å². The third kappa shape index (κ3) is 6.34. The molecule has 1 fully saturated rings. The number of hydrogen-bond donors (Lipinski definition) is 1. The molecular weight excluding hydrogens is 490 g/mol. The molecule has 8 heteroatoms. The molecule has 3 aromatic heterocycles. The molecule has 1 atom stereocenters. The Morgan fingerprint density at radius 3 is 2.69 bits per heavy atom. The number of nitrogens with zero attached hydrogens (tertiary/aromatic N) is 5. The predicted molar refractivity (Wildman–Crippen MR) is 153 cm³/mol. The number of fused-ring (bicyclic) bond motifs is 1. The first-order chi connectivity index (χ1) is 18.9. The number of aromatic nitrogens is 3. The van der Waals surface area contributed by atoms with E-state index in [1.54, 1.807) is 0 Å². The molecule has 0 radical (unpaired) electrons. The molecule has 4 heterocycles. The van der Waals surface area contributed by atoms with Gasteiger partial charge in [0.25, 0.3) is 0 Å². The van der Waals surface area contributed by atoms with Crippen LogP contribution in [0.15, 0.2) is 71.9 Å². The SMILES string of the molecule is Cc1ccc(N2CCC[C@H](N(Cc3ccnc(C)c3)Cc3cn(CCC(=O)O)c4ccccc4c3=O)C2)cn1. The summed E-state index contributed by atoms with van der Waals surface area (Å²) in [7, 11) is 0. The van der Waals surface area contributed by atoms with Crippen molar-refractivity contribution in [2.45, 2.75) is 58.8 Å². The van der Waals surface area contributed by atoms with Crippen molar-refractivity contribution in [3.05, 3.63) is 99.9 Å². The van der Waals surface area contributed by atoms with Crippen LogP contribution in [0.1, 0.15) is 41.8 Å². The monoisotopic (exact) mass is 525 g/mol. The number of para-hydroxylation sites is 1. The Bertz CT molecular complexity index is 1520. The fraction of sp³-hybridized carbons (Fsp3) is 0.355. The lowest BCUT2D eigenvalue weighted by molar-refractivity contribution is -0.137. The second kappa shape index (κ2) is 11.8. The van der Waals surface area contributed by atoms with Crippen LogP contribution in [0.3, 0.4) is 0 Å². The minimum atomic E-state index is -0.859. The number of anilines is 1. The molecule has 1 N–H and O–H groups in total. The molecule has 5 rings (SSSR count). The van der Waals surface area contributed by atoms with E-state index in [1.165, 1.54) is 0 Å². The lowest BCUT2D eigenvalue weighted by Gasteiger charge is -2.40. The van der Waals surface area contributed by atoms with Crippen molar-refractivity contribution in [2.24, 2.45) is 0 Å². The molecule has 1 aromatic carbocycles.